The molecule has 2 atom stereocenters. The van der Waals surface area contributed by atoms with E-state index >= 15 is 0 Å². The predicted octanol–water partition coefficient (Wildman–Crippen LogP) is 4.66. The largest absolute Gasteiger partial charge is 0.491 e. The molecule has 1 aliphatic carbocycles. The first kappa shape index (κ1) is 24.9. The number of rotatable bonds is 8. The van der Waals surface area contributed by atoms with Crippen molar-refractivity contribution in [2.45, 2.75) is 57.3 Å². The fraction of sp³-hybridized carbons (Fsp3) is 0.357. The number of carboxylic acids is 1. The van der Waals surface area contributed by atoms with Crippen molar-refractivity contribution in [3.05, 3.63) is 78.6 Å². The van der Waals surface area contributed by atoms with Crippen LogP contribution in [0.5, 0.6) is 11.5 Å². The number of hydrogen-bond donors (Lipinski definition) is 1. The van der Waals surface area contributed by atoms with Gasteiger partial charge in [0.05, 0.1) is 13.3 Å². The Morgan fingerprint density at radius 3 is 2.03 bits per heavy atom. The molecule has 1 aromatic heterocycles. The molecule has 2 aromatic carbocycles. The highest BCUT2D eigenvalue weighted by Crippen LogP contribution is 2.40. The third kappa shape index (κ3) is 5.11. The van der Waals surface area contributed by atoms with Gasteiger partial charge in [0.2, 0.25) is 0 Å². The molecule has 6 nitrogen and oxygen atoms in total. The molecule has 0 aliphatic heterocycles. The van der Waals surface area contributed by atoms with E-state index in [2.05, 4.69) is 74.3 Å². The molecule has 1 aliphatic rings. The lowest BCUT2D eigenvalue weighted by Gasteiger charge is -2.44. The Bertz CT molecular complexity index is 1110. The number of aromatic nitrogens is 1. The van der Waals surface area contributed by atoms with Gasteiger partial charge in [-0.15, -0.1) is 0 Å². The Balaban J connectivity index is 1.62. The van der Waals surface area contributed by atoms with E-state index < -0.39 is 14.3 Å². The molecule has 1 fully saturated rings. The molecule has 1 saturated carbocycles. The van der Waals surface area contributed by atoms with Crippen LogP contribution in [0.1, 0.15) is 50.5 Å². The average Bonchev–Trinajstić information content (AvgIpc) is 3.29. The van der Waals surface area contributed by atoms with Crippen molar-refractivity contribution in [2.75, 3.05) is 7.11 Å². The second-order valence-electron chi connectivity index (χ2n) is 9.98. The normalized spacial score (nSPS) is 18.3. The number of benzene rings is 2. The molecule has 0 radical (unpaired) electrons. The third-order valence-corrected chi connectivity index (χ3v) is 11.8. The summed E-state index contributed by atoms with van der Waals surface area (Å²) in [6, 6.07) is 22.7. The van der Waals surface area contributed by atoms with Gasteiger partial charge in [0.1, 0.15) is 6.10 Å². The van der Waals surface area contributed by atoms with Crippen LogP contribution in [-0.4, -0.2) is 43.7 Å². The number of methoxy groups -OCH3 is 1. The summed E-state index contributed by atoms with van der Waals surface area (Å²) in [7, 11) is -1.12. The highest BCUT2D eigenvalue weighted by atomic mass is 28.4. The van der Waals surface area contributed by atoms with Gasteiger partial charge in [-0.05, 0) is 28.3 Å². The summed E-state index contributed by atoms with van der Waals surface area (Å²) in [6.45, 7) is 6.83. The minimum atomic E-state index is -2.65. The highest BCUT2D eigenvalue weighted by molar-refractivity contribution is 6.99. The molecule has 4 rings (SSSR count). The molecule has 1 N–H and O–H groups in total. The van der Waals surface area contributed by atoms with Gasteiger partial charge in [0, 0.05) is 18.6 Å². The molecule has 7 heteroatoms. The summed E-state index contributed by atoms with van der Waals surface area (Å²) in [6.07, 6.45) is 3.72. The Hall–Kier alpha value is -3.16. The second kappa shape index (κ2) is 10.2. The van der Waals surface area contributed by atoms with Crippen LogP contribution in [0.25, 0.3) is 0 Å². The van der Waals surface area contributed by atoms with Gasteiger partial charge < -0.3 is 19.0 Å². The van der Waals surface area contributed by atoms with E-state index in [1.807, 2.05) is 12.1 Å². The maximum absolute atomic E-state index is 11.4. The number of carbonyl (C=O) groups is 1. The Labute approximate surface area is 208 Å². The smallest absolute Gasteiger partial charge is 0.354 e. The molecule has 35 heavy (non-hydrogen) atoms. The quantitative estimate of drug-likeness (QED) is 0.462. The number of ether oxygens (including phenoxy) is 2. The molecule has 0 spiro atoms. The molecule has 0 unspecified atom stereocenters. The fourth-order valence-corrected chi connectivity index (χ4v) is 9.75. The minimum absolute atomic E-state index is 0.0260. The maximum atomic E-state index is 11.4. The average molecular weight is 492 g/mol. The van der Waals surface area contributed by atoms with Gasteiger partial charge >= 0.3 is 5.97 Å². The number of nitrogens with zero attached hydrogens (tertiary/aromatic N) is 1. The van der Waals surface area contributed by atoms with Crippen molar-refractivity contribution in [1.82, 2.24) is 4.98 Å². The number of hydrogen-bond acceptors (Lipinski definition) is 5. The Morgan fingerprint density at radius 1 is 0.943 bits per heavy atom. The van der Waals surface area contributed by atoms with Gasteiger partial charge in [-0.3, -0.25) is 0 Å². The monoisotopic (exact) mass is 491 g/mol. The van der Waals surface area contributed by atoms with Crippen molar-refractivity contribution >= 4 is 24.7 Å². The molecule has 3 aromatic rings. The minimum Gasteiger partial charge on any atom is -0.491 e. The van der Waals surface area contributed by atoms with Crippen molar-refractivity contribution in [2.24, 2.45) is 0 Å². The summed E-state index contributed by atoms with van der Waals surface area (Å²) < 4.78 is 18.8. The molecule has 184 valence electrons. The zero-order chi connectivity index (χ0) is 25.1. The first-order valence-electron chi connectivity index (χ1n) is 12.0. The summed E-state index contributed by atoms with van der Waals surface area (Å²) >= 11 is 0. The lowest BCUT2D eigenvalue weighted by atomic mass is 10.2. The van der Waals surface area contributed by atoms with E-state index in [4.69, 9.17) is 13.9 Å². The van der Waals surface area contributed by atoms with Gasteiger partial charge in [0.25, 0.3) is 8.32 Å². The molecule has 0 bridgehead atoms. The topological polar surface area (TPSA) is 77.9 Å². The van der Waals surface area contributed by atoms with Crippen molar-refractivity contribution < 1.29 is 23.8 Å². The van der Waals surface area contributed by atoms with Crippen LogP contribution in [0.15, 0.2) is 72.9 Å². The summed E-state index contributed by atoms with van der Waals surface area (Å²) in [5, 5.41) is 11.7. The van der Waals surface area contributed by atoms with E-state index in [1.54, 1.807) is 0 Å². The zero-order valence-corrected chi connectivity index (χ0v) is 21.7. The molecule has 0 saturated heterocycles. The van der Waals surface area contributed by atoms with Gasteiger partial charge in [0.15, 0.2) is 17.2 Å². The standard InChI is InChI=1S/C28H33NO5Si/c1-28(2,3)35(22-11-7-5-8-12-22,23-13-9-6-10-14-23)34-21-16-15-20(17-21)33-25-18-24(27(30)31)29-19-26(25)32-4/h5-14,18-21H,15-17H2,1-4H3,(H,30,31)/t20-,21-/m1/s1. The van der Waals surface area contributed by atoms with E-state index in [9.17, 15) is 9.90 Å². The third-order valence-electron chi connectivity index (χ3n) is 6.66. The zero-order valence-electron chi connectivity index (χ0n) is 20.7. The van der Waals surface area contributed by atoms with Crippen LogP contribution < -0.4 is 19.8 Å². The van der Waals surface area contributed by atoms with Crippen molar-refractivity contribution in [1.29, 1.82) is 0 Å². The second-order valence-corrected chi connectivity index (χ2v) is 14.2. The van der Waals surface area contributed by atoms with Gasteiger partial charge in [-0.25, -0.2) is 9.78 Å². The SMILES string of the molecule is COc1cnc(C(=O)O)cc1O[C@@H]1CC[C@@H](O[Si](c2ccccc2)(c2ccccc2)C(C)(C)C)C1. The highest BCUT2D eigenvalue weighted by Gasteiger charge is 2.52. The van der Waals surface area contributed by atoms with Gasteiger partial charge in [-0.1, -0.05) is 81.4 Å². The number of pyridine rings is 1. The number of aromatic carboxylic acids is 1. The first-order valence-corrected chi connectivity index (χ1v) is 13.9. The number of carboxylic acid groups (broad SMARTS) is 1. The van der Waals surface area contributed by atoms with Crippen LogP contribution >= 0.6 is 0 Å². The van der Waals surface area contributed by atoms with Crippen LogP contribution in [0.2, 0.25) is 5.04 Å². The van der Waals surface area contributed by atoms with Crippen LogP contribution in [0.4, 0.5) is 0 Å². The lowest BCUT2D eigenvalue weighted by molar-refractivity contribution is 0.0689. The maximum Gasteiger partial charge on any atom is 0.354 e. The Kier molecular flexibility index (Phi) is 7.28. The molecular formula is C28H33NO5Si. The molecule has 0 amide bonds. The first-order chi connectivity index (χ1) is 16.7. The van der Waals surface area contributed by atoms with E-state index in [0.717, 1.165) is 19.3 Å². The van der Waals surface area contributed by atoms with Crippen LogP contribution in [0, 0.1) is 0 Å². The van der Waals surface area contributed by atoms with Crippen LogP contribution in [0.3, 0.4) is 0 Å². The van der Waals surface area contributed by atoms with Crippen LogP contribution in [-0.2, 0) is 4.43 Å². The summed E-state index contributed by atoms with van der Waals surface area (Å²) in [5.41, 5.74) is -0.0705. The fourth-order valence-electron chi connectivity index (χ4n) is 5.02. The van der Waals surface area contributed by atoms with Crippen molar-refractivity contribution in [3.8, 4) is 11.5 Å². The van der Waals surface area contributed by atoms with E-state index in [0.29, 0.717) is 11.5 Å². The van der Waals surface area contributed by atoms with E-state index in [1.165, 1.54) is 29.7 Å². The lowest BCUT2D eigenvalue weighted by Crippen LogP contribution is -2.67. The molecular weight excluding hydrogens is 458 g/mol. The predicted molar refractivity (Wildman–Crippen MR) is 139 cm³/mol. The van der Waals surface area contributed by atoms with Crippen molar-refractivity contribution in [3.63, 3.8) is 0 Å². The Morgan fingerprint density at radius 2 is 1.51 bits per heavy atom. The van der Waals surface area contributed by atoms with Gasteiger partial charge in [-0.2, -0.15) is 0 Å². The van der Waals surface area contributed by atoms with E-state index in [-0.39, 0.29) is 22.9 Å². The summed E-state index contributed by atoms with van der Waals surface area (Å²) in [4.78, 5) is 15.3. The molecule has 1 heterocycles. The summed E-state index contributed by atoms with van der Waals surface area (Å²) in [5.74, 6) is -0.279.